The maximum atomic E-state index is 12.0. The van der Waals surface area contributed by atoms with Gasteiger partial charge in [0.25, 0.3) is 0 Å². The topological polar surface area (TPSA) is 109 Å². The van der Waals surface area contributed by atoms with Crippen LogP contribution in [-0.4, -0.2) is 30.4 Å². The average Bonchev–Trinajstić information content (AvgIpc) is 2.80. The number of urea groups is 1. The molecule has 164 valence electrons. The number of carboxylic acids is 1. The van der Waals surface area contributed by atoms with Crippen molar-refractivity contribution in [2.24, 2.45) is 5.10 Å². The van der Waals surface area contributed by atoms with Crippen molar-refractivity contribution in [3.8, 4) is 11.5 Å². The number of anilines is 1. The number of rotatable bonds is 8. The van der Waals surface area contributed by atoms with Crippen LogP contribution in [0.5, 0.6) is 11.5 Å². The summed E-state index contributed by atoms with van der Waals surface area (Å²) in [5, 5.41) is 15.6. The number of hydrogen-bond acceptors (Lipinski definition) is 5. The molecular weight excluding hydrogens is 410 g/mol. The molecule has 0 saturated carbocycles. The summed E-state index contributed by atoms with van der Waals surface area (Å²) < 4.78 is 11.2. The summed E-state index contributed by atoms with van der Waals surface area (Å²) in [5.74, 6) is 0.0521. The van der Waals surface area contributed by atoms with Gasteiger partial charge in [0, 0.05) is 5.69 Å². The van der Waals surface area contributed by atoms with Crippen LogP contribution in [0.25, 0.3) is 0 Å². The first kappa shape index (κ1) is 22.4. The summed E-state index contributed by atoms with van der Waals surface area (Å²) in [6.45, 7) is 2.16. The van der Waals surface area contributed by atoms with Crippen molar-refractivity contribution in [1.82, 2.24) is 5.43 Å². The van der Waals surface area contributed by atoms with E-state index in [0.29, 0.717) is 22.7 Å². The number of amides is 2. The fourth-order valence-electron chi connectivity index (χ4n) is 2.82. The number of nitrogens with one attached hydrogen (secondary N) is 2. The smallest absolute Gasteiger partial charge is 0.339 e. The van der Waals surface area contributed by atoms with Gasteiger partial charge in [0.05, 0.1) is 18.9 Å². The van der Waals surface area contributed by atoms with Gasteiger partial charge in [-0.25, -0.2) is 15.0 Å². The lowest BCUT2D eigenvalue weighted by Crippen LogP contribution is -2.24. The van der Waals surface area contributed by atoms with Crippen LogP contribution < -0.4 is 20.2 Å². The largest absolute Gasteiger partial charge is 0.493 e. The molecule has 2 amide bonds. The number of nitrogens with zero attached hydrogens (tertiary/aromatic N) is 1. The fraction of sp³-hybridized carbons (Fsp3) is 0.125. The summed E-state index contributed by atoms with van der Waals surface area (Å²) in [6, 6.07) is 18.7. The van der Waals surface area contributed by atoms with Crippen molar-refractivity contribution in [2.75, 3.05) is 12.4 Å². The van der Waals surface area contributed by atoms with Gasteiger partial charge in [-0.15, -0.1) is 0 Å². The first-order valence-electron chi connectivity index (χ1n) is 9.75. The lowest BCUT2D eigenvalue weighted by Gasteiger charge is -2.11. The molecule has 0 radical (unpaired) electrons. The Hall–Kier alpha value is -4.33. The van der Waals surface area contributed by atoms with Gasteiger partial charge in [0.2, 0.25) is 0 Å². The van der Waals surface area contributed by atoms with Crippen LogP contribution in [0.15, 0.2) is 71.8 Å². The minimum atomic E-state index is -0.974. The Kier molecular flexibility index (Phi) is 7.42. The van der Waals surface area contributed by atoms with E-state index in [-0.39, 0.29) is 12.2 Å². The van der Waals surface area contributed by atoms with Crippen LogP contribution in [0.2, 0.25) is 0 Å². The van der Waals surface area contributed by atoms with E-state index in [2.05, 4.69) is 15.8 Å². The zero-order valence-electron chi connectivity index (χ0n) is 17.7. The molecule has 8 heteroatoms. The highest BCUT2D eigenvalue weighted by atomic mass is 16.5. The highest BCUT2D eigenvalue weighted by molar-refractivity contribution is 5.91. The van der Waals surface area contributed by atoms with Crippen molar-refractivity contribution in [3.05, 3.63) is 89.0 Å². The molecule has 0 aromatic heterocycles. The minimum Gasteiger partial charge on any atom is -0.493 e. The van der Waals surface area contributed by atoms with Gasteiger partial charge in [-0.2, -0.15) is 5.10 Å². The zero-order valence-corrected chi connectivity index (χ0v) is 17.7. The summed E-state index contributed by atoms with van der Waals surface area (Å²) in [6.07, 6.45) is 1.49. The molecule has 0 bridgehead atoms. The molecule has 32 heavy (non-hydrogen) atoms. The number of para-hydroxylation sites is 1. The number of hydrogen-bond donors (Lipinski definition) is 3. The molecule has 0 atom stereocenters. The van der Waals surface area contributed by atoms with Crippen LogP contribution in [0.4, 0.5) is 10.5 Å². The predicted molar refractivity (Wildman–Crippen MR) is 122 cm³/mol. The molecule has 3 N–H and O–H groups in total. The van der Waals surface area contributed by atoms with E-state index in [0.717, 1.165) is 11.1 Å². The molecule has 0 unspecified atom stereocenters. The summed E-state index contributed by atoms with van der Waals surface area (Å²) in [4.78, 5) is 22.9. The molecule has 3 aromatic carbocycles. The lowest BCUT2D eigenvalue weighted by atomic mass is 10.1. The third-order valence-electron chi connectivity index (χ3n) is 4.56. The Morgan fingerprint density at radius 1 is 1.03 bits per heavy atom. The molecule has 0 spiro atoms. The van der Waals surface area contributed by atoms with Gasteiger partial charge in [-0.1, -0.05) is 30.3 Å². The third-order valence-corrected chi connectivity index (χ3v) is 4.56. The van der Waals surface area contributed by atoms with Crippen molar-refractivity contribution in [3.63, 3.8) is 0 Å². The molecule has 0 aliphatic heterocycles. The molecule has 8 nitrogen and oxygen atoms in total. The van der Waals surface area contributed by atoms with Gasteiger partial charge in [0.15, 0.2) is 11.5 Å². The highest BCUT2D eigenvalue weighted by Gasteiger charge is 2.07. The first-order chi connectivity index (χ1) is 15.5. The Morgan fingerprint density at radius 3 is 2.47 bits per heavy atom. The standard InChI is InChI=1S/C24H23N3O5/c1-16-5-3-4-6-20(16)26-24(30)27-25-14-18-9-12-21(22(13-18)31-2)32-15-17-7-10-19(11-8-17)23(28)29/h3-14H,15H2,1-2H3,(H,28,29)(H2,26,27,30)/b25-14+. The van der Waals surface area contributed by atoms with Gasteiger partial charge in [-0.3, -0.25) is 0 Å². The third kappa shape index (κ3) is 6.09. The summed E-state index contributed by atoms with van der Waals surface area (Å²) in [5.41, 5.74) is 5.83. The highest BCUT2D eigenvalue weighted by Crippen LogP contribution is 2.28. The van der Waals surface area contributed by atoms with E-state index in [1.807, 2.05) is 31.2 Å². The Balaban J connectivity index is 1.57. The SMILES string of the molecule is COc1cc(/C=N/NC(=O)Nc2ccccc2C)ccc1OCc1ccc(C(=O)O)cc1. The Bertz CT molecular complexity index is 1130. The number of aromatic carboxylic acids is 1. The normalized spacial score (nSPS) is 10.6. The van der Waals surface area contributed by atoms with Gasteiger partial charge < -0.3 is 19.9 Å². The molecule has 3 rings (SSSR count). The van der Waals surface area contributed by atoms with E-state index in [9.17, 15) is 9.59 Å². The monoisotopic (exact) mass is 433 g/mol. The van der Waals surface area contributed by atoms with Gasteiger partial charge >= 0.3 is 12.0 Å². The van der Waals surface area contributed by atoms with E-state index in [1.54, 1.807) is 30.3 Å². The molecule has 0 saturated heterocycles. The van der Waals surface area contributed by atoms with Crippen molar-refractivity contribution < 1.29 is 24.2 Å². The second kappa shape index (κ2) is 10.6. The second-order valence-corrected chi connectivity index (χ2v) is 6.84. The summed E-state index contributed by atoms with van der Waals surface area (Å²) in [7, 11) is 1.53. The second-order valence-electron chi connectivity index (χ2n) is 6.84. The van der Waals surface area contributed by atoms with Crippen LogP contribution in [0.3, 0.4) is 0 Å². The number of carbonyl (C=O) groups is 2. The quantitative estimate of drug-likeness (QED) is 0.360. The molecule has 0 fully saturated rings. The fourth-order valence-corrected chi connectivity index (χ4v) is 2.82. The summed E-state index contributed by atoms with van der Waals surface area (Å²) >= 11 is 0. The molecule has 0 aliphatic carbocycles. The van der Waals surface area contributed by atoms with Crippen molar-refractivity contribution in [1.29, 1.82) is 0 Å². The molecular formula is C24H23N3O5. The number of ether oxygens (including phenoxy) is 2. The van der Waals surface area contributed by atoms with Gasteiger partial charge in [-0.05, 0) is 60.0 Å². The molecule has 0 aliphatic rings. The Labute approximate surface area is 185 Å². The van der Waals surface area contributed by atoms with E-state index >= 15 is 0 Å². The maximum absolute atomic E-state index is 12.0. The molecule has 0 heterocycles. The van der Waals surface area contributed by atoms with Crippen LogP contribution >= 0.6 is 0 Å². The van der Waals surface area contributed by atoms with E-state index in [1.165, 1.54) is 25.5 Å². The van der Waals surface area contributed by atoms with Gasteiger partial charge in [0.1, 0.15) is 6.61 Å². The zero-order chi connectivity index (χ0) is 22.9. The number of methoxy groups -OCH3 is 1. The van der Waals surface area contributed by atoms with Crippen LogP contribution in [0, 0.1) is 6.92 Å². The number of benzene rings is 3. The first-order valence-corrected chi connectivity index (χ1v) is 9.75. The average molecular weight is 433 g/mol. The predicted octanol–water partition coefficient (Wildman–Crippen LogP) is 4.44. The van der Waals surface area contributed by atoms with E-state index in [4.69, 9.17) is 14.6 Å². The number of carboxylic acid groups (broad SMARTS) is 1. The maximum Gasteiger partial charge on any atom is 0.339 e. The number of aryl methyl sites for hydroxylation is 1. The van der Waals surface area contributed by atoms with Crippen LogP contribution in [-0.2, 0) is 6.61 Å². The number of hydrazone groups is 1. The molecule has 3 aromatic rings. The lowest BCUT2D eigenvalue weighted by molar-refractivity contribution is 0.0696. The number of carbonyl (C=O) groups excluding carboxylic acids is 1. The van der Waals surface area contributed by atoms with Crippen molar-refractivity contribution >= 4 is 23.9 Å². The van der Waals surface area contributed by atoms with Crippen LogP contribution in [0.1, 0.15) is 27.0 Å². The van der Waals surface area contributed by atoms with E-state index < -0.39 is 12.0 Å². The Morgan fingerprint density at radius 2 is 1.78 bits per heavy atom. The minimum absolute atomic E-state index is 0.219. The van der Waals surface area contributed by atoms with Crippen molar-refractivity contribution in [2.45, 2.75) is 13.5 Å².